The van der Waals surface area contributed by atoms with Gasteiger partial charge in [0, 0.05) is 22.6 Å². The Kier molecular flexibility index (Phi) is 6.73. The quantitative estimate of drug-likeness (QED) is 0.429. The van der Waals surface area contributed by atoms with Crippen LogP contribution in [0.4, 0.5) is 11.4 Å². The highest BCUT2D eigenvalue weighted by molar-refractivity contribution is 9.10. The number of carboxylic acids is 1. The third-order valence-electron chi connectivity index (χ3n) is 5.98. The minimum atomic E-state index is -0.823. The number of rotatable bonds is 6. The largest absolute Gasteiger partial charge is 0.481 e. The summed E-state index contributed by atoms with van der Waals surface area (Å²) in [6.45, 7) is 0.426. The van der Waals surface area contributed by atoms with E-state index in [2.05, 4.69) is 26.6 Å². The van der Waals surface area contributed by atoms with Gasteiger partial charge in [0.05, 0.1) is 17.2 Å². The number of carbonyl (C=O) groups is 3. The number of aliphatic carboxylic acids is 1. The average Bonchev–Trinajstić information content (AvgIpc) is 3.27. The Hall–Kier alpha value is -3.27. The monoisotopic (exact) mass is 517 g/mol. The predicted octanol–water partition coefficient (Wildman–Crippen LogP) is 3.52. The van der Waals surface area contributed by atoms with Gasteiger partial charge in [0.25, 0.3) is 5.91 Å². The highest BCUT2D eigenvalue weighted by atomic mass is 79.9. The number of benzene rings is 2. The molecule has 10 heteroatoms. The van der Waals surface area contributed by atoms with Gasteiger partial charge in [-0.1, -0.05) is 6.07 Å². The molecule has 33 heavy (non-hydrogen) atoms. The predicted molar refractivity (Wildman–Crippen MR) is 124 cm³/mol. The molecular formula is C23H24BrN3O6. The van der Waals surface area contributed by atoms with E-state index in [0.29, 0.717) is 53.0 Å². The van der Waals surface area contributed by atoms with Gasteiger partial charge in [0.1, 0.15) is 0 Å². The highest BCUT2D eigenvalue weighted by Crippen LogP contribution is 2.33. The minimum Gasteiger partial charge on any atom is -0.481 e. The maximum Gasteiger partial charge on any atom is 0.306 e. The molecule has 0 spiro atoms. The first kappa shape index (κ1) is 22.9. The van der Waals surface area contributed by atoms with Crippen LogP contribution in [0.3, 0.4) is 0 Å². The Morgan fingerprint density at radius 3 is 2.45 bits per heavy atom. The van der Waals surface area contributed by atoms with Crippen molar-refractivity contribution >= 4 is 45.1 Å². The third kappa shape index (κ3) is 5.22. The number of nitrogens with two attached hydrogens (primary N) is 1. The van der Waals surface area contributed by atoms with Crippen molar-refractivity contribution < 1.29 is 29.0 Å². The number of nitrogen functional groups attached to an aromatic ring is 1. The summed E-state index contributed by atoms with van der Waals surface area (Å²) >= 11 is 3.34. The first-order valence-corrected chi connectivity index (χ1v) is 11.4. The summed E-state index contributed by atoms with van der Waals surface area (Å²) in [6.07, 6.45) is 1.89. The second-order valence-corrected chi connectivity index (χ2v) is 9.02. The van der Waals surface area contributed by atoms with Crippen molar-refractivity contribution in [3.63, 3.8) is 0 Å². The molecule has 1 aliphatic carbocycles. The molecular weight excluding hydrogens is 494 g/mol. The Balaban J connectivity index is 1.44. The fourth-order valence-corrected chi connectivity index (χ4v) is 4.39. The smallest absolute Gasteiger partial charge is 0.306 e. The molecule has 4 rings (SSSR count). The van der Waals surface area contributed by atoms with Gasteiger partial charge in [-0.05, 0) is 71.4 Å². The molecule has 0 unspecified atom stereocenters. The second-order valence-electron chi connectivity index (χ2n) is 8.17. The molecule has 2 amide bonds. The molecule has 2 aromatic rings. The lowest BCUT2D eigenvalue weighted by Crippen LogP contribution is -2.31. The van der Waals surface area contributed by atoms with Crippen LogP contribution >= 0.6 is 15.9 Å². The molecule has 1 heterocycles. The second kappa shape index (κ2) is 9.70. The molecule has 1 saturated carbocycles. The molecule has 0 saturated heterocycles. The van der Waals surface area contributed by atoms with E-state index in [-0.39, 0.29) is 36.6 Å². The van der Waals surface area contributed by atoms with Gasteiger partial charge in [-0.25, -0.2) is 0 Å². The van der Waals surface area contributed by atoms with Crippen LogP contribution in [0, 0.1) is 11.8 Å². The van der Waals surface area contributed by atoms with E-state index in [4.69, 9.17) is 20.3 Å². The van der Waals surface area contributed by atoms with Crippen molar-refractivity contribution in [3.8, 4) is 11.5 Å². The van der Waals surface area contributed by atoms with Crippen molar-refractivity contribution in [1.82, 2.24) is 5.32 Å². The van der Waals surface area contributed by atoms with Crippen molar-refractivity contribution in [3.05, 3.63) is 45.9 Å². The molecule has 2 aromatic carbocycles. The van der Waals surface area contributed by atoms with E-state index in [0.717, 1.165) is 5.56 Å². The van der Waals surface area contributed by atoms with Crippen LogP contribution in [0.1, 0.15) is 41.6 Å². The zero-order valence-corrected chi connectivity index (χ0v) is 19.3. The number of ether oxygens (including phenoxy) is 2. The Bertz CT molecular complexity index is 1100. The summed E-state index contributed by atoms with van der Waals surface area (Å²) in [7, 11) is 0. The van der Waals surface area contributed by atoms with Gasteiger partial charge >= 0.3 is 5.97 Å². The van der Waals surface area contributed by atoms with Gasteiger partial charge in [0.2, 0.25) is 12.7 Å². The SMILES string of the molecule is Nc1cc(NC(=O)C2CCC(C(=O)O)CC2)c(C(=O)NCc2ccc3c(c2)OCO3)cc1Br. The molecule has 9 nitrogen and oxygen atoms in total. The zero-order chi connectivity index (χ0) is 23.5. The van der Waals surface area contributed by atoms with Crippen LogP contribution in [0.25, 0.3) is 0 Å². The van der Waals surface area contributed by atoms with Crippen LogP contribution in [0.15, 0.2) is 34.8 Å². The number of carboxylic acid groups (broad SMARTS) is 1. The molecule has 0 atom stereocenters. The molecule has 5 N–H and O–H groups in total. The maximum absolute atomic E-state index is 13.0. The van der Waals surface area contributed by atoms with Crippen LogP contribution in [0.5, 0.6) is 11.5 Å². The fourth-order valence-electron chi connectivity index (χ4n) is 4.05. The van der Waals surface area contributed by atoms with E-state index < -0.39 is 11.9 Å². The average molecular weight is 518 g/mol. The molecule has 0 radical (unpaired) electrons. The van der Waals surface area contributed by atoms with Gasteiger partial charge < -0.3 is 30.9 Å². The molecule has 174 valence electrons. The number of anilines is 2. The van der Waals surface area contributed by atoms with Gasteiger partial charge in [0.15, 0.2) is 11.5 Å². The number of carbonyl (C=O) groups excluding carboxylic acids is 2. The topological polar surface area (TPSA) is 140 Å². The Morgan fingerprint density at radius 2 is 1.73 bits per heavy atom. The fraction of sp³-hybridized carbons (Fsp3) is 0.348. The van der Waals surface area contributed by atoms with Gasteiger partial charge in [-0.2, -0.15) is 0 Å². The first-order valence-electron chi connectivity index (χ1n) is 10.6. The third-order valence-corrected chi connectivity index (χ3v) is 6.66. The standard InChI is InChI=1S/C23H24BrN3O6/c24-16-8-15(22(29)26-10-12-1-6-19-20(7-12)33-11-32-19)18(9-17(16)25)27-21(28)13-2-4-14(5-3-13)23(30)31/h1,6-9,13-14H,2-5,10-11,25H2,(H,26,29)(H,27,28)(H,30,31). The van der Waals surface area contributed by atoms with Crippen molar-refractivity contribution in [1.29, 1.82) is 0 Å². The summed E-state index contributed by atoms with van der Waals surface area (Å²) in [6, 6.07) is 8.54. The summed E-state index contributed by atoms with van der Waals surface area (Å²) in [5, 5.41) is 14.8. The number of hydrogen-bond donors (Lipinski definition) is 4. The number of nitrogens with one attached hydrogen (secondary N) is 2. The molecule has 0 aromatic heterocycles. The summed E-state index contributed by atoms with van der Waals surface area (Å²) in [4.78, 5) is 37.0. The number of halogens is 1. The Morgan fingerprint density at radius 1 is 1.03 bits per heavy atom. The molecule has 1 aliphatic heterocycles. The van der Waals surface area contributed by atoms with Crippen LogP contribution in [-0.4, -0.2) is 29.7 Å². The minimum absolute atomic E-state index is 0.172. The number of fused-ring (bicyclic) bond motifs is 1. The van der Waals surface area contributed by atoms with Crippen LogP contribution in [-0.2, 0) is 16.1 Å². The lowest BCUT2D eigenvalue weighted by Gasteiger charge is -2.25. The van der Waals surface area contributed by atoms with Crippen molar-refractivity contribution in [2.45, 2.75) is 32.2 Å². The van der Waals surface area contributed by atoms with E-state index in [1.165, 1.54) is 0 Å². The summed E-state index contributed by atoms with van der Waals surface area (Å²) < 4.78 is 11.2. The van der Waals surface area contributed by atoms with Crippen molar-refractivity contribution in [2.75, 3.05) is 17.8 Å². The molecule has 0 bridgehead atoms. The number of hydrogen-bond acceptors (Lipinski definition) is 6. The van der Waals surface area contributed by atoms with Gasteiger partial charge in [-0.3, -0.25) is 14.4 Å². The lowest BCUT2D eigenvalue weighted by atomic mass is 9.81. The summed E-state index contributed by atoms with van der Waals surface area (Å²) in [5.41, 5.74) is 7.79. The lowest BCUT2D eigenvalue weighted by molar-refractivity contribution is -0.143. The number of amides is 2. The van der Waals surface area contributed by atoms with Crippen LogP contribution in [0.2, 0.25) is 0 Å². The maximum atomic E-state index is 13.0. The normalized spacial score (nSPS) is 19.1. The van der Waals surface area contributed by atoms with E-state index >= 15 is 0 Å². The van der Waals surface area contributed by atoms with E-state index in [9.17, 15) is 14.4 Å². The van der Waals surface area contributed by atoms with Crippen molar-refractivity contribution in [2.24, 2.45) is 11.8 Å². The summed E-state index contributed by atoms with van der Waals surface area (Å²) in [5.74, 6) is -0.873. The van der Waals surface area contributed by atoms with E-state index in [1.54, 1.807) is 24.3 Å². The first-order chi connectivity index (χ1) is 15.8. The molecule has 2 aliphatic rings. The van der Waals surface area contributed by atoms with Crippen LogP contribution < -0.4 is 25.8 Å². The van der Waals surface area contributed by atoms with E-state index in [1.807, 2.05) is 6.07 Å². The molecule has 1 fully saturated rings. The highest BCUT2D eigenvalue weighted by Gasteiger charge is 2.30. The van der Waals surface area contributed by atoms with Gasteiger partial charge in [-0.15, -0.1) is 0 Å². The zero-order valence-electron chi connectivity index (χ0n) is 17.7. The Labute approximate surface area is 198 Å².